The number of methoxy groups -OCH3 is 1. The van der Waals surface area contributed by atoms with Gasteiger partial charge in [-0.2, -0.15) is 0 Å². The number of benzene rings is 2. The Bertz CT molecular complexity index is 869. The summed E-state index contributed by atoms with van der Waals surface area (Å²) in [7, 11) is 1.60. The predicted octanol–water partition coefficient (Wildman–Crippen LogP) is 5.52. The van der Waals surface area contributed by atoms with Gasteiger partial charge in [0.2, 0.25) is 0 Å². The zero-order valence-corrected chi connectivity index (χ0v) is 16.4. The first-order chi connectivity index (χ1) is 11.5. The largest absolute Gasteiger partial charge is 0.496 e. The summed E-state index contributed by atoms with van der Waals surface area (Å²) in [6.07, 6.45) is 1.79. The molecule has 0 unspecified atom stereocenters. The molecule has 2 aromatic carbocycles. The number of nitrogens with zero attached hydrogens (tertiary/aromatic N) is 1. The molecule has 0 bridgehead atoms. The number of carbonyl (C=O) groups excluding carboxylic acids is 1. The van der Waals surface area contributed by atoms with Gasteiger partial charge in [-0.3, -0.25) is 9.69 Å². The standard InChI is InChI=1S/C17H11BrClNO2S2/c1-22-14-5-3-2-4-10(14)8-15-16(21)20(17(23)24-15)11-6-7-12(18)13(19)9-11/h2-9H,1H3/b15-8-. The molecule has 1 amide bonds. The Balaban J connectivity index is 1.97. The van der Waals surface area contributed by atoms with Crippen molar-refractivity contribution in [3.05, 3.63) is 62.4 Å². The minimum atomic E-state index is -0.172. The third-order valence-electron chi connectivity index (χ3n) is 3.38. The first kappa shape index (κ1) is 17.5. The zero-order chi connectivity index (χ0) is 17.3. The van der Waals surface area contributed by atoms with Gasteiger partial charge in [0.15, 0.2) is 4.32 Å². The van der Waals surface area contributed by atoms with Crippen molar-refractivity contribution in [3.8, 4) is 5.75 Å². The van der Waals surface area contributed by atoms with Gasteiger partial charge < -0.3 is 4.74 Å². The molecule has 0 atom stereocenters. The lowest BCUT2D eigenvalue weighted by Crippen LogP contribution is -2.27. The van der Waals surface area contributed by atoms with Crippen LogP contribution >= 0.6 is 51.5 Å². The number of hydrogen-bond acceptors (Lipinski definition) is 4. The van der Waals surface area contributed by atoms with Gasteiger partial charge in [-0.1, -0.05) is 53.8 Å². The highest BCUT2D eigenvalue weighted by Crippen LogP contribution is 2.38. The number of amides is 1. The van der Waals surface area contributed by atoms with Crippen LogP contribution in [-0.2, 0) is 4.79 Å². The summed E-state index contributed by atoms with van der Waals surface area (Å²) in [6, 6.07) is 12.8. The van der Waals surface area contributed by atoms with Crippen LogP contribution in [0, 0.1) is 0 Å². The Kier molecular flexibility index (Phi) is 5.30. The fraction of sp³-hybridized carbons (Fsp3) is 0.0588. The number of thioether (sulfide) groups is 1. The maximum atomic E-state index is 12.8. The molecule has 0 spiro atoms. The van der Waals surface area contributed by atoms with Crippen molar-refractivity contribution in [2.45, 2.75) is 0 Å². The van der Waals surface area contributed by atoms with Crippen LogP contribution in [0.1, 0.15) is 5.56 Å². The second-order valence-electron chi connectivity index (χ2n) is 4.86. The van der Waals surface area contributed by atoms with Crippen LogP contribution in [0.5, 0.6) is 5.75 Å². The van der Waals surface area contributed by atoms with E-state index in [-0.39, 0.29) is 5.91 Å². The fourth-order valence-corrected chi connectivity index (χ4v) is 3.95. The molecule has 0 N–H and O–H groups in total. The minimum absolute atomic E-state index is 0.172. The molecule has 122 valence electrons. The van der Waals surface area contributed by atoms with Gasteiger partial charge in [-0.05, 0) is 46.3 Å². The molecule has 1 aliphatic rings. The summed E-state index contributed by atoms with van der Waals surface area (Å²) in [4.78, 5) is 14.8. The number of ether oxygens (including phenoxy) is 1. The molecule has 1 aliphatic heterocycles. The van der Waals surface area contributed by atoms with E-state index in [1.165, 1.54) is 16.7 Å². The molecule has 3 nitrogen and oxygen atoms in total. The van der Waals surface area contributed by atoms with Gasteiger partial charge >= 0.3 is 0 Å². The lowest BCUT2D eigenvalue weighted by Gasteiger charge is -2.15. The maximum absolute atomic E-state index is 12.8. The second kappa shape index (κ2) is 7.27. The smallest absolute Gasteiger partial charge is 0.270 e. The van der Waals surface area contributed by atoms with E-state index >= 15 is 0 Å². The number of halogens is 2. The van der Waals surface area contributed by atoms with Gasteiger partial charge in [0.05, 0.1) is 22.7 Å². The van der Waals surface area contributed by atoms with E-state index in [9.17, 15) is 4.79 Å². The highest BCUT2D eigenvalue weighted by molar-refractivity contribution is 9.10. The van der Waals surface area contributed by atoms with Crippen LogP contribution in [0.2, 0.25) is 5.02 Å². The number of para-hydroxylation sites is 1. The number of rotatable bonds is 3. The third-order valence-corrected chi connectivity index (χ3v) is 5.92. The monoisotopic (exact) mass is 439 g/mol. The molecule has 1 fully saturated rings. The van der Waals surface area contributed by atoms with Crippen LogP contribution in [0.15, 0.2) is 51.8 Å². The van der Waals surface area contributed by atoms with Crippen molar-refractivity contribution in [3.63, 3.8) is 0 Å². The van der Waals surface area contributed by atoms with Crippen molar-refractivity contribution >= 4 is 73.5 Å². The van der Waals surface area contributed by atoms with E-state index in [0.717, 1.165) is 10.0 Å². The number of thiocarbonyl (C=S) groups is 1. The molecular formula is C17H11BrClNO2S2. The molecule has 2 aromatic rings. The first-order valence-corrected chi connectivity index (χ1v) is 9.27. The van der Waals surface area contributed by atoms with E-state index in [1.54, 1.807) is 31.4 Å². The SMILES string of the molecule is COc1ccccc1/C=C1\SC(=S)N(c2ccc(Br)c(Cl)c2)C1=O. The van der Waals surface area contributed by atoms with Crippen LogP contribution in [0.4, 0.5) is 5.69 Å². The summed E-state index contributed by atoms with van der Waals surface area (Å²) < 4.78 is 6.56. The highest BCUT2D eigenvalue weighted by atomic mass is 79.9. The minimum Gasteiger partial charge on any atom is -0.496 e. The number of carbonyl (C=O) groups is 1. The van der Waals surface area contributed by atoms with Crippen LogP contribution in [0.3, 0.4) is 0 Å². The van der Waals surface area contributed by atoms with E-state index in [0.29, 0.717) is 25.7 Å². The number of hydrogen-bond donors (Lipinski definition) is 0. The summed E-state index contributed by atoms with van der Waals surface area (Å²) in [5.74, 6) is 0.531. The normalized spacial score (nSPS) is 16.1. The van der Waals surface area contributed by atoms with Gasteiger partial charge in [0, 0.05) is 10.0 Å². The van der Waals surface area contributed by atoms with Crippen LogP contribution in [0.25, 0.3) is 6.08 Å². The predicted molar refractivity (Wildman–Crippen MR) is 108 cm³/mol. The van der Waals surface area contributed by atoms with Crippen molar-refractivity contribution in [1.82, 2.24) is 0 Å². The lowest BCUT2D eigenvalue weighted by atomic mass is 10.2. The van der Waals surface area contributed by atoms with Gasteiger partial charge in [0.25, 0.3) is 5.91 Å². The Hall–Kier alpha value is -1.34. The molecule has 24 heavy (non-hydrogen) atoms. The van der Waals surface area contributed by atoms with Gasteiger partial charge in [0.1, 0.15) is 5.75 Å². The Morgan fingerprint density at radius 3 is 2.75 bits per heavy atom. The quantitative estimate of drug-likeness (QED) is 0.464. The number of anilines is 1. The molecule has 1 heterocycles. The lowest BCUT2D eigenvalue weighted by molar-refractivity contribution is -0.113. The fourth-order valence-electron chi connectivity index (χ4n) is 2.24. The van der Waals surface area contributed by atoms with Crippen LogP contribution in [-0.4, -0.2) is 17.3 Å². The van der Waals surface area contributed by atoms with Crippen molar-refractivity contribution in [2.75, 3.05) is 12.0 Å². The van der Waals surface area contributed by atoms with E-state index in [2.05, 4.69) is 15.9 Å². The molecule has 0 saturated carbocycles. The van der Waals surface area contributed by atoms with Gasteiger partial charge in [-0.25, -0.2) is 0 Å². The first-order valence-electron chi connectivity index (χ1n) is 6.87. The van der Waals surface area contributed by atoms with E-state index in [4.69, 9.17) is 28.6 Å². The van der Waals surface area contributed by atoms with Crippen molar-refractivity contribution in [1.29, 1.82) is 0 Å². The molecule has 7 heteroatoms. The molecule has 0 aliphatic carbocycles. The summed E-state index contributed by atoms with van der Waals surface area (Å²) in [5.41, 5.74) is 1.48. The molecule has 3 rings (SSSR count). The van der Waals surface area contributed by atoms with Crippen LogP contribution < -0.4 is 9.64 Å². The summed E-state index contributed by atoms with van der Waals surface area (Å²) in [5, 5.41) is 0.523. The van der Waals surface area contributed by atoms with Gasteiger partial charge in [-0.15, -0.1) is 0 Å². The third kappa shape index (κ3) is 3.37. The Labute approximate surface area is 162 Å². The molecule has 1 saturated heterocycles. The topological polar surface area (TPSA) is 29.5 Å². The van der Waals surface area contributed by atoms with E-state index < -0.39 is 0 Å². The molecular weight excluding hydrogens is 430 g/mol. The zero-order valence-electron chi connectivity index (χ0n) is 12.5. The van der Waals surface area contributed by atoms with Crippen molar-refractivity contribution < 1.29 is 9.53 Å². The maximum Gasteiger partial charge on any atom is 0.270 e. The average Bonchev–Trinajstić information content (AvgIpc) is 2.85. The summed E-state index contributed by atoms with van der Waals surface area (Å²) in [6.45, 7) is 0. The second-order valence-corrected chi connectivity index (χ2v) is 7.79. The van der Waals surface area contributed by atoms with Crippen molar-refractivity contribution in [2.24, 2.45) is 0 Å². The Morgan fingerprint density at radius 1 is 1.29 bits per heavy atom. The molecule has 0 radical (unpaired) electrons. The average molecular weight is 441 g/mol. The van der Waals surface area contributed by atoms with E-state index in [1.807, 2.05) is 24.3 Å². The summed E-state index contributed by atoms with van der Waals surface area (Å²) >= 11 is 16.1. The molecule has 0 aromatic heterocycles. The highest BCUT2D eigenvalue weighted by Gasteiger charge is 2.33. The Morgan fingerprint density at radius 2 is 2.04 bits per heavy atom.